The Bertz CT molecular complexity index is 561. The lowest BCUT2D eigenvalue weighted by Crippen LogP contribution is -2.15. The van der Waals surface area contributed by atoms with Crippen LogP contribution in [-0.2, 0) is 28.6 Å². The number of esters is 2. The highest BCUT2D eigenvalue weighted by Gasteiger charge is 2.24. The molecule has 2 rings (SSSR count). The zero-order valence-electron chi connectivity index (χ0n) is 24.1. The summed E-state index contributed by atoms with van der Waals surface area (Å²) in [6.45, 7) is 1.78. The normalized spacial score (nSPS) is 16.2. The average Bonchev–Trinajstić information content (AvgIpc) is 3.65. The molecule has 2 aliphatic carbocycles. The fourth-order valence-electron chi connectivity index (χ4n) is 5.98. The van der Waals surface area contributed by atoms with Crippen LogP contribution in [0.15, 0.2) is 0 Å². The van der Waals surface area contributed by atoms with Crippen LogP contribution in [0.4, 0.5) is 0 Å². The zero-order valence-corrected chi connectivity index (χ0v) is 24.1. The molecule has 0 bridgehead atoms. The highest BCUT2D eigenvalue weighted by molar-refractivity contribution is 5.73. The molecule has 0 aromatic carbocycles. The average molecular weight is 537 g/mol. The fraction of sp³-hybridized carbons (Fsp3) is 0.906. The van der Waals surface area contributed by atoms with E-state index >= 15 is 0 Å². The highest BCUT2D eigenvalue weighted by Crippen LogP contribution is 2.26. The summed E-state index contributed by atoms with van der Waals surface area (Å²) in [6, 6.07) is 0. The van der Waals surface area contributed by atoms with Crippen LogP contribution < -0.4 is 0 Å². The molecule has 2 fully saturated rings. The molecule has 0 radical (unpaired) electrons. The number of ether oxygens (including phenoxy) is 3. The van der Waals surface area contributed by atoms with Crippen LogP contribution in [0.5, 0.6) is 0 Å². The van der Waals surface area contributed by atoms with E-state index < -0.39 is 0 Å². The molecule has 6 nitrogen and oxygen atoms in total. The Labute approximate surface area is 232 Å². The van der Waals surface area contributed by atoms with Crippen LogP contribution in [0.1, 0.15) is 154 Å². The maximum atomic E-state index is 11.9. The molecule has 0 spiro atoms. The lowest BCUT2D eigenvalue weighted by molar-refractivity contribution is -0.149. The first-order valence-electron chi connectivity index (χ1n) is 16.1. The Morgan fingerprint density at radius 1 is 0.553 bits per heavy atom. The van der Waals surface area contributed by atoms with Crippen molar-refractivity contribution >= 4 is 18.4 Å². The van der Waals surface area contributed by atoms with E-state index in [1.165, 1.54) is 77.0 Å². The van der Waals surface area contributed by atoms with Gasteiger partial charge in [0.1, 0.15) is 6.10 Å². The molecule has 0 aromatic heterocycles. The molecule has 0 heterocycles. The predicted octanol–water partition coefficient (Wildman–Crippen LogP) is 8.24. The van der Waals surface area contributed by atoms with E-state index in [-0.39, 0.29) is 29.9 Å². The van der Waals surface area contributed by atoms with Crippen LogP contribution >= 0.6 is 0 Å². The molecule has 2 saturated carbocycles. The topological polar surface area (TPSA) is 78.9 Å². The number of carbonyl (C=O) groups excluding carboxylic acids is 3. The van der Waals surface area contributed by atoms with Crippen molar-refractivity contribution in [1.29, 1.82) is 0 Å². The van der Waals surface area contributed by atoms with Crippen molar-refractivity contribution in [1.82, 2.24) is 0 Å². The van der Waals surface area contributed by atoms with Gasteiger partial charge in [-0.25, -0.2) is 0 Å². The van der Waals surface area contributed by atoms with Gasteiger partial charge in [0.05, 0.1) is 25.0 Å². The molecular formula is C32H56O6. The van der Waals surface area contributed by atoms with Crippen molar-refractivity contribution < 1.29 is 28.6 Å². The van der Waals surface area contributed by atoms with Gasteiger partial charge < -0.3 is 14.2 Å². The third kappa shape index (κ3) is 15.7. The molecular weight excluding hydrogens is 480 g/mol. The molecule has 0 aliphatic heterocycles. The molecule has 0 amide bonds. The van der Waals surface area contributed by atoms with E-state index in [0.717, 1.165) is 77.0 Å². The summed E-state index contributed by atoms with van der Waals surface area (Å²) in [6.07, 6.45) is 26.8. The summed E-state index contributed by atoms with van der Waals surface area (Å²) < 4.78 is 16.2. The van der Waals surface area contributed by atoms with Crippen molar-refractivity contribution in [3.05, 3.63) is 0 Å². The summed E-state index contributed by atoms with van der Waals surface area (Å²) in [5.41, 5.74) is 0. The second kappa shape index (κ2) is 22.2. The summed E-state index contributed by atoms with van der Waals surface area (Å²) in [5.74, 6) is 0.394. The maximum Gasteiger partial charge on any atom is 0.308 e. The van der Waals surface area contributed by atoms with Gasteiger partial charge in [0, 0.05) is 0 Å². The van der Waals surface area contributed by atoms with E-state index in [1.807, 2.05) is 0 Å². The predicted molar refractivity (Wildman–Crippen MR) is 151 cm³/mol. The Morgan fingerprint density at radius 2 is 0.895 bits per heavy atom. The van der Waals surface area contributed by atoms with Crippen LogP contribution in [0.25, 0.3) is 0 Å². The molecule has 220 valence electrons. The molecule has 38 heavy (non-hydrogen) atoms. The number of rotatable bonds is 24. The van der Waals surface area contributed by atoms with Gasteiger partial charge in [0.2, 0.25) is 0 Å². The van der Waals surface area contributed by atoms with E-state index in [0.29, 0.717) is 19.7 Å². The molecule has 0 aromatic rings. The second-order valence-electron chi connectivity index (χ2n) is 11.7. The molecule has 2 aliphatic rings. The molecule has 0 unspecified atom stereocenters. The zero-order chi connectivity index (χ0) is 27.1. The van der Waals surface area contributed by atoms with Gasteiger partial charge in [-0.15, -0.1) is 0 Å². The number of hydrogen-bond acceptors (Lipinski definition) is 6. The molecule has 6 heteroatoms. The number of carbonyl (C=O) groups is 3. The van der Waals surface area contributed by atoms with Crippen molar-refractivity contribution in [2.75, 3.05) is 13.2 Å². The van der Waals surface area contributed by atoms with Crippen LogP contribution in [-0.4, -0.2) is 37.7 Å². The van der Waals surface area contributed by atoms with Crippen molar-refractivity contribution in [2.45, 2.75) is 160 Å². The Balaban J connectivity index is 1.31. The van der Waals surface area contributed by atoms with Gasteiger partial charge in [-0.1, -0.05) is 89.9 Å². The third-order valence-electron chi connectivity index (χ3n) is 8.45. The third-order valence-corrected chi connectivity index (χ3v) is 8.45. The van der Waals surface area contributed by atoms with Crippen molar-refractivity contribution in [2.24, 2.45) is 11.8 Å². The molecule has 0 saturated heterocycles. The number of hydrogen-bond donors (Lipinski definition) is 0. The van der Waals surface area contributed by atoms with E-state index in [9.17, 15) is 14.4 Å². The minimum atomic E-state index is 0.0277. The van der Waals surface area contributed by atoms with Crippen molar-refractivity contribution in [3.63, 3.8) is 0 Å². The summed E-state index contributed by atoms with van der Waals surface area (Å²) in [4.78, 5) is 34.7. The SMILES string of the molecule is O=COC(CCCCCCCCCOC(=O)C1CCCC1)CCCCCCCCCOC(=O)C1CCCC1. The second-order valence-corrected chi connectivity index (χ2v) is 11.7. The van der Waals surface area contributed by atoms with E-state index in [1.54, 1.807) is 0 Å². The molecule has 0 N–H and O–H groups in total. The first kappa shape index (κ1) is 32.6. The van der Waals surface area contributed by atoms with Gasteiger partial charge in [-0.2, -0.15) is 0 Å². The monoisotopic (exact) mass is 536 g/mol. The van der Waals surface area contributed by atoms with Gasteiger partial charge in [-0.05, 0) is 64.2 Å². The highest BCUT2D eigenvalue weighted by atomic mass is 16.5. The van der Waals surface area contributed by atoms with E-state index in [2.05, 4.69) is 0 Å². The lowest BCUT2D eigenvalue weighted by atomic mass is 10.0. The molecule has 0 atom stereocenters. The van der Waals surface area contributed by atoms with Gasteiger partial charge in [0.15, 0.2) is 0 Å². The fourth-order valence-corrected chi connectivity index (χ4v) is 5.98. The van der Waals surface area contributed by atoms with Gasteiger partial charge in [0.25, 0.3) is 6.47 Å². The minimum absolute atomic E-state index is 0.0277. The largest absolute Gasteiger partial charge is 0.465 e. The Kier molecular flexibility index (Phi) is 19.1. The van der Waals surface area contributed by atoms with Crippen LogP contribution in [0.2, 0.25) is 0 Å². The summed E-state index contributed by atoms with van der Waals surface area (Å²) in [7, 11) is 0. The smallest absolute Gasteiger partial charge is 0.308 e. The minimum Gasteiger partial charge on any atom is -0.465 e. The van der Waals surface area contributed by atoms with E-state index in [4.69, 9.17) is 14.2 Å². The van der Waals surface area contributed by atoms with Gasteiger partial charge >= 0.3 is 11.9 Å². The van der Waals surface area contributed by atoms with Gasteiger partial charge in [-0.3, -0.25) is 14.4 Å². The number of unbranched alkanes of at least 4 members (excludes halogenated alkanes) is 12. The Morgan fingerprint density at radius 3 is 1.26 bits per heavy atom. The maximum absolute atomic E-state index is 11.9. The quantitative estimate of drug-likeness (QED) is 0.0535. The summed E-state index contributed by atoms with van der Waals surface area (Å²) >= 11 is 0. The van der Waals surface area contributed by atoms with Crippen LogP contribution in [0, 0.1) is 11.8 Å². The standard InChI is InChI=1S/C32H56O6/c33-27-38-30(23-11-7-3-1-5-9-17-25-36-31(34)28-19-13-14-20-28)24-12-8-4-2-6-10-18-26-37-32(35)29-21-15-16-22-29/h27-30H,1-26H2. The summed E-state index contributed by atoms with van der Waals surface area (Å²) in [5, 5.41) is 0. The first-order valence-corrected chi connectivity index (χ1v) is 16.1. The lowest BCUT2D eigenvalue weighted by Gasteiger charge is -2.15. The Hall–Kier alpha value is -1.59. The first-order chi connectivity index (χ1) is 18.7. The van der Waals surface area contributed by atoms with Crippen molar-refractivity contribution in [3.8, 4) is 0 Å². The van der Waals surface area contributed by atoms with Crippen LogP contribution in [0.3, 0.4) is 0 Å².